The van der Waals surface area contributed by atoms with E-state index in [1.165, 1.54) is 16.9 Å². The van der Waals surface area contributed by atoms with Crippen molar-refractivity contribution >= 4 is 17.2 Å². The van der Waals surface area contributed by atoms with Crippen LogP contribution < -0.4 is 0 Å². The van der Waals surface area contributed by atoms with Crippen LogP contribution in [-0.2, 0) is 6.54 Å². The van der Waals surface area contributed by atoms with Crippen molar-refractivity contribution in [3.05, 3.63) is 58.1 Å². The van der Waals surface area contributed by atoms with Gasteiger partial charge in [0, 0.05) is 12.1 Å². The van der Waals surface area contributed by atoms with Gasteiger partial charge in [-0.1, -0.05) is 41.1 Å². The maximum absolute atomic E-state index is 12.4. The van der Waals surface area contributed by atoms with Crippen molar-refractivity contribution in [3.63, 3.8) is 0 Å². The number of benzene rings is 1. The molecule has 3 aromatic rings. The van der Waals surface area contributed by atoms with Gasteiger partial charge in [0.05, 0.1) is 4.88 Å². The number of thiophene rings is 1. The van der Waals surface area contributed by atoms with E-state index in [-0.39, 0.29) is 5.91 Å². The number of carbonyl (C=O) groups is 1. The second-order valence-electron chi connectivity index (χ2n) is 5.17. The minimum absolute atomic E-state index is 0.0161. The van der Waals surface area contributed by atoms with Crippen molar-refractivity contribution < 1.29 is 9.32 Å². The zero-order valence-electron chi connectivity index (χ0n) is 13.0. The van der Waals surface area contributed by atoms with E-state index in [9.17, 15) is 4.79 Å². The molecule has 0 saturated heterocycles. The molecule has 0 aliphatic heterocycles. The lowest BCUT2D eigenvalue weighted by Gasteiger charge is -2.17. The summed E-state index contributed by atoms with van der Waals surface area (Å²) in [6, 6.07) is 11.6. The minimum atomic E-state index is -0.0161. The van der Waals surface area contributed by atoms with E-state index in [4.69, 9.17) is 4.52 Å². The van der Waals surface area contributed by atoms with Crippen LogP contribution in [0.2, 0.25) is 0 Å². The minimum Gasteiger partial charge on any atom is -0.337 e. The Labute approximate surface area is 138 Å². The lowest BCUT2D eigenvalue weighted by atomic mass is 10.1. The number of carbonyl (C=O) groups excluding carboxylic acids is 1. The molecule has 5 nitrogen and oxygen atoms in total. The molecular formula is C17H17N3O2S. The Morgan fingerprint density at radius 1 is 1.26 bits per heavy atom. The summed E-state index contributed by atoms with van der Waals surface area (Å²) < 4.78 is 5.30. The second-order valence-corrected chi connectivity index (χ2v) is 6.12. The van der Waals surface area contributed by atoms with Crippen LogP contribution in [0.4, 0.5) is 0 Å². The zero-order chi connectivity index (χ0) is 16.2. The monoisotopic (exact) mass is 327 g/mol. The lowest BCUT2D eigenvalue weighted by molar-refractivity contribution is 0.0739. The largest absolute Gasteiger partial charge is 0.337 e. The van der Waals surface area contributed by atoms with Gasteiger partial charge in [-0.05, 0) is 25.3 Å². The molecule has 0 bridgehead atoms. The molecular weight excluding hydrogens is 310 g/mol. The van der Waals surface area contributed by atoms with Gasteiger partial charge in [-0.3, -0.25) is 4.79 Å². The molecule has 1 amide bonds. The molecule has 0 atom stereocenters. The number of nitrogens with zero attached hydrogens (tertiary/aromatic N) is 3. The van der Waals surface area contributed by atoms with E-state index in [2.05, 4.69) is 10.1 Å². The lowest BCUT2D eigenvalue weighted by Crippen LogP contribution is -2.29. The third-order valence-electron chi connectivity index (χ3n) is 3.50. The molecule has 118 valence electrons. The summed E-state index contributed by atoms with van der Waals surface area (Å²) in [6.07, 6.45) is 0. The molecule has 3 rings (SSSR count). The predicted molar refractivity (Wildman–Crippen MR) is 89.2 cm³/mol. The Balaban J connectivity index is 1.75. The molecule has 0 spiro atoms. The summed E-state index contributed by atoms with van der Waals surface area (Å²) in [5.74, 6) is 0.963. The van der Waals surface area contributed by atoms with Crippen LogP contribution in [0.5, 0.6) is 0 Å². The van der Waals surface area contributed by atoms with Crippen LogP contribution in [0.1, 0.15) is 28.0 Å². The van der Waals surface area contributed by atoms with Crippen LogP contribution in [0, 0.1) is 6.92 Å². The summed E-state index contributed by atoms with van der Waals surface area (Å²) in [5, 5.41) is 5.90. The van der Waals surface area contributed by atoms with Gasteiger partial charge in [0.15, 0.2) is 0 Å². The van der Waals surface area contributed by atoms with Crippen LogP contribution in [0.25, 0.3) is 11.4 Å². The fourth-order valence-electron chi connectivity index (χ4n) is 2.19. The molecule has 0 aliphatic rings. The predicted octanol–water partition coefficient (Wildman–Crippen LogP) is 3.77. The highest BCUT2D eigenvalue weighted by molar-refractivity contribution is 7.12. The highest BCUT2D eigenvalue weighted by Gasteiger charge is 2.18. The Hall–Kier alpha value is -2.47. The molecule has 0 radical (unpaired) electrons. The number of amides is 1. The first-order chi connectivity index (χ1) is 11.2. The number of aryl methyl sites for hydroxylation is 1. The average molecular weight is 327 g/mol. The molecule has 0 fully saturated rings. The van der Waals surface area contributed by atoms with Crippen molar-refractivity contribution in [2.24, 2.45) is 0 Å². The fraction of sp³-hybridized carbons (Fsp3) is 0.235. The summed E-state index contributed by atoms with van der Waals surface area (Å²) >= 11 is 1.43. The summed E-state index contributed by atoms with van der Waals surface area (Å²) in [7, 11) is 0. The van der Waals surface area contributed by atoms with Crippen molar-refractivity contribution in [1.82, 2.24) is 15.0 Å². The Kier molecular flexibility index (Phi) is 4.52. The normalized spacial score (nSPS) is 10.7. The molecule has 23 heavy (non-hydrogen) atoms. The second kappa shape index (κ2) is 6.75. The summed E-state index contributed by atoms with van der Waals surface area (Å²) in [4.78, 5) is 19.2. The molecule has 0 saturated carbocycles. The van der Waals surface area contributed by atoms with Gasteiger partial charge in [0.1, 0.15) is 6.54 Å². The zero-order valence-corrected chi connectivity index (χ0v) is 13.8. The summed E-state index contributed by atoms with van der Waals surface area (Å²) in [5.41, 5.74) is 2.08. The van der Waals surface area contributed by atoms with E-state index < -0.39 is 0 Å². The quantitative estimate of drug-likeness (QED) is 0.716. The van der Waals surface area contributed by atoms with E-state index >= 15 is 0 Å². The third-order valence-corrected chi connectivity index (χ3v) is 4.36. The van der Waals surface area contributed by atoms with E-state index in [1.807, 2.05) is 55.6 Å². The molecule has 0 N–H and O–H groups in total. The van der Waals surface area contributed by atoms with Crippen molar-refractivity contribution in [3.8, 4) is 11.4 Å². The molecule has 6 heteroatoms. The van der Waals surface area contributed by atoms with Gasteiger partial charge in [0.25, 0.3) is 5.91 Å². The molecule has 2 heterocycles. The molecule has 1 aromatic carbocycles. The van der Waals surface area contributed by atoms with Crippen molar-refractivity contribution in [2.75, 3.05) is 6.54 Å². The highest BCUT2D eigenvalue weighted by atomic mass is 32.1. The van der Waals surface area contributed by atoms with Crippen LogP contribution >= 0.6 is 11.3 Å². The highest BCUT2D eigenvalue weighted by Crippen LogP contribution is 2.18. The van der Waals surface area contributed by atoms with Gasteiger partial charge in [-0.2, -0.15) is 4.98 Å². The maximum Gasteiger partial charge on any atom is 0.264 e. The SMILES string of the molecule is CCN(Cc1nc(-c2ccc(C)cc2)no1)C(=O)c1cccs1. The topological polar surface area (TPSA) is 59.2 Å². The Morgan fingerprint density at radius 3 is 2.70 bits per heavy atom. The molecule has 0 unspecified atom stereocenters. The number of hydrogen-bond acceptors (Lipinski definition) is 5. The van der Waals surface area contributed by atoms with Gasteiger partial charge in [-0.25, -0.2) is 0 Å². The van der Waals surface area contributed by atoms with Crippen molar-refractivity contribution in [2.45, 2.75) is 20.4 Å². The van der Waals surface area contributed by atoms with Gasteiger partial charge in [0.2, 0.25) is 11.7 Å². The smallest absolute Gasteiger partial charge is 0.264 e. The third kappa shape index (κ3) is 3.48. The van der Waals surface area contributed by atoms with Gasteiger partial charge < -0.3 is 9.42 Å². The van der Waals surface area contributed by atoms with Crippen LogP contribution in [-0.4, -0.2) is 27.5 Å². The number of rotatable bonds is 5. The first-order valence-electron chi connectivity index (χ1n) is 7.39. The number of hydrogen-bond donors (Lipinski definition) is 0. The first kappa shape index (κ1) is 15.4. The fourth-order valence-corrected chi connectivity index (χ4v) is 2.88. The van der Waals surface area contributed by atoms with E-state index in [1.54, 1.807) is 4.90 Å². The number of aromatic nitrogens is 2. The van der Waals surface area contributed by atoms with E-state index in [0.29, 0.717) is 29.7 Å². The molecule has 2 aromatic heterocycles. The van der Waals surface area contributed by atoms with E-state index in [0.717, 1.165) is 5.56 Å². The maximum atomic E-state index is 12.4. The first-order valence-corrected chi connectivity index (χ1v) is 8.27. The summed E-state index contributed by atoms with van der Waals surface area (Å²) in [6.45, 7) is 4.86. The van der Waals surface area contributed by atoms with Crippen molar-refractivity contribution in [1.29, 1.82) is 0 Å². The van der Waals surface area contributed by atoms with Crippen LogP contribution in [0.15, 0.2) is 46.3 Å². The van der Waals surface area contributed by atoms with Gasteiger partial charge >= 0.3 is 0 Å². The van der Waals surface area contributed by atoms with Gasteiger partial charge in [-0.15, -0.1) is 11.3 Å². The average Bonchev–Trinajstić information content (AvgIpc) is 3.24. The Bertz CT molecular complexity index is 779. The molecule has 0 aliphatic carbocycles. The Morgan fingerprint density at radius 2 is 2.04 bits per heavy atom. The standard InChI is InChI=1S/C17H17N3O2S/c1-3-20(17(21)14-5-4-10-23-14)11-15-18-16(19-22-15)13-8-6-12(2)7-9-13/h4-10H,3,11H2,1-2H3. The van der Waals surface area contributed by atoms with Crippen LogP contribution in [0.3, 0.4) is 0 Å².